The van der Waals surface area contributed by atoms with Gasteiger partial charge in [0.05, 0.1) is 0 Å². The Morgan fingerprint density at radius 3 is 2.36 bits per heavy atom. The summed E-state index contributed by atoms with van der Waals surface area (Å²) in [4.78, 5) is 0. The van der Waals surface area contributed by atoms with Crippen LogP contribution in [0.1, 0.15) is 34.1 Å². The van der Waals surface area contributed by atoms with Gasteiger partial charge in [-0.3, -0.25) is 0 Å². The molecule has 0 spiro atoms. The highest BCUT2D eigenvalue weighted by atomic mass is 127. The molecule has 4 heteroatoms. The molecule has 0 amide bonds. The Hall–Kier alpha value is 0.580. The molecule has 0 aromatic rings. The van der Waals surface area contributed by atoms with Gasteiger partial charge in [-0.2, -0.15) is 0 Å². The van der Waals surface area contributed by atoms with E-state index >= 15 is 0 Å². The average Bonchev–Trinajstić information content (AvgIpc) is 2.16. The van der Waals surface area contributed by atoms with Crippen LogP contribution in [0.3, 0.4) is 0 Å². The minimum Gasteiger partial charge on any atom is -0.353 e. The first-order valence-corrected chi connectivity index (χ1v) is 6.52. The Kier molecular flexibility index (Phi) is 7.24. The SMILES string of the molecule is CCOC(C)OC(C)(CI)C(F)CC. The lowest BCUT2D eigenvalue weighted by atomic mass is 10.0. The smallest absolute Gasteiger partial charge is 0.155 e. The van der Waals surface area contributed by atoms with E-state index in [1.165, 1.54) is 0 Å². The third kappa shape index (κ3) is 4.40. The third-order valence-electron chi connectivity index (χ3n) is 2.12. The molecule has 14 heavy (non-hydrogen) atoms. The van der Waals surface area contributed by atoms with E-state index in [1.807, 2.05) is 13.8 Å². The van der Waals surface area contributed by atoms with Gasteiger partial charge in [0.25, 0.3) is 0 Å². The summed E-state index contributed by atoms with van der Waals surface area (Å²) >= 11 is 2.15. The summed E-state index contributed by atoms with van der Waals surface area (Å²) in [6, 6.07) is 0. The fraction of sp³-hybridized carbons (Fsp3) is 1.00. The van der Waals surface area contributed by atoms with E-state index in [1.54, 1.807) is 13.8 Å². The molecule has 0 N–H and O–H groups in total. The van der Waals surface area contributed by atoms with E-state index in [0.717, 1.165) is 0 Å². The van der Waals surface area contributed by atoms with Crippen molar-refractivity contribution in [3.05, 3.63) is 0 Å². The highest BCUT2D eigenvalue weighted by molar-refractivity contribution is 14.1. The van der Waals surface area contributed by atoms with Crippen molar-refractivity contribution in [1.29, 1.82) is 0 Å². The fourth-order valence-corrected chi connectivity index (χ4v) is 1.93. The third-order valence-corrected chi connectivity index (χ3v) is 3.64. The molecule has 0 heterocycles. The normalized spacial score (nSPS) is 20.1. The van der Waals surface area contributed by atoms with Crippen LogP contribution in [0, 0.1) is 0 Å². The van der Waals surface area contributed by atoms with Gasteiger partial charge in [-0.15, -0.1) is 0 Å². The largest absolute Gasteiger partial charge is 0.353 e. The van der Waals surface area contributed by atoms with Crippen LogP contribution >= 0.6 is 22.6 Å². The number of rotatable bonds is 7. The summed E-state index contributed by atoms with van der Waals surface area (Å²) in [5.41, 5.74) is -0.732. The van der Waals surface area contributed by atoms with E-state index in [0.29, 0.717) is 17.5 Å². The predicted molar refractivity (Wildman–Crippen MR) is 64.7 cm³/mol. The molecule has 0 aromatic heterocycles. The molecule has 0 saturated heterocycles. The van der Waals surface area contributed by atoms with E-state index in [9.17, 15) is 4.39 Å². The predicted octanol–water partition coefficient (Wildman–Crippen LogP) is 3.33. The maximum absolute atomic E-state index is 13.6. The molecular formula is C10H20FIO2. The van der Waals surface area contributed by atoms with E-state index in [4.69, 9.17) is 9.47 Å². The van der Waals surface area contributed by atoms with Crippen LogP contribution in [-0.2, 0) is 9.47 Å². The van der Waals surface area contributed by atoms with Gasteiger partial charge in [-0.05, 0) is 27.2 Å². The molecule has 0 saturated carbocycles. The van der Waals surface area contributed by atoms with Gasteiger partial charge in [-0.25, -0.2) is 4.39 Å². The van der Waals surface area contributed by atoms with Crippen molar-refractivity contribution >= 4 is 22.6 Å². The molecule has 2 nitrogen and oxygen atoms in total. The van der Waals surface area contributed by atoms with Crippen LogP contribution in [0.25, 0.3) is 0 Å². The summed E-state index contributed by atoms with van der Waals surface area (Å²) in [7, 11) is 0. The lowest BCUT2D eigenvalue weighted by Gasteiger charge is -2.33. The van der Waals surface area contributed by atoms with E-state index < -0.39 is 11.8 Å². The molecule has 86 valence electrons. The fourth-order valence-electron chi connectivity index (χ4n) is 1.27. The summed E-state index contributed by atoms with van der Waals surface area (Å²) < 4.78 is 25.0. The Labute approximate surface area is 99.7 Å². The van der Waals surface area contributed by atoms with Crippen molar-refractivity contribution in [3.63, 3.8) is 0 Å². The molecule has 0 aliphatic carbocycles. The summed E-state index contributed by atoms with van der Waals surface area (Å²) in [5.74, 6) is 0. The lowest BCUT2D eigenvalue weighted by molar-refractivity contribution is -0.204. The van der Waals surface area contributed by atoms with Crippen LogP contribution < -0.4 is 0 Å². The molecule has 0 rings (SSSR count). The van der Waals surface area contributed by atoms with Gasteiger partial charge in [0.15, 0.2) is 6.29 Å². The monoisotopic (exact) mass is 318 g/mol. The molecule has 0 fully saturated rings. The molecule has 0 aliphatic rings. The van der Waals surface area contributed by atoms with E-state index in [2.05, 4.69) is 22.6 Å². The van der Waals surface area contributed by atoms with E-state index in [-0.39, 0.29) is 6.29 Å². The second kappa shape index (κ2) is 6.95. The molecule has 3 atom stereocenters. The quantitative estimate of drug-likeness (QED) is 0.407. The number of hydrogen-bond acceptors (Lipinski definition) is 2. The molecule has 0 aromatic carbocycles. The first-order valence-electron chi connectivity index (χ1n) is 4.99. The Balaban J connectivity index is 4.23. The zero-order chi connectivity index (χ0) is 11.2. The van der Waals surface area contributed by atoms with Gasteiger partial charge in [0, 0.05) is 11.0 Å². The second-order valence-corrected chi connectivity index (χ2v) is 4.23. The standard InChI is InChI=1S/C10H20FIO2/c1-5-9(11)10(4,7-12)14-8(3)13-6-2/h8-9H,5-7H2,1-4H3. The van der Waals surface area contributed by atoms with Gasteiger partial charge in [0.1, 0.15) is 11.8 Å². The van der Waals surface area contributed by atoms with Crippen LogP contribution in [-0.4, -0.2) is 29.1 Å². The minimum atomic E-state index is -0.942. The lowest BCUT2D eigenvalue weighted by Crippen LogP contribution is -2.44. The summed E-state index contributed by atoms with van der Waals surface area (Å²) in [6.07, 6.45) is -0.815. The number of alkyl halides is 2. The minimum absolute atomic E-state index is 0.343. The number of hydrogen-bond donors (Lipinski definition) is 0. The molecular weight excluding hydrogens is 298 g/mol. The van der Waals surface area contributed by atoms with Crippen molar-refractivity contribution in [3.8, 4) is 0 Å². The summed E-state index contributed by atoms with van der Waals surface area (Å²) in [6.45, 7) is 7.90. The zero-order valence-corrected chi connectivity index (χ0v) is 11.5. The second-order valence-electron chi connectivity index (χ2n) is 3.46. The number of ether oxygens (including phenoxy) is 2. The highest BCUT2D eigenvalue weighted by Gasteiger charge is 2.35. The summed E-state index contributed by atoms with van der Waals surface area (Å²) in [5, 5.41) is 0. The zero-order valence-electron chi connectivity index (χ0n) is 9.35. The van der Waals surface area contributed by atoms with Crippen LogP contribution in [0.15, 0.2) is 0 Å². The van der Waals surface area contributed by atoms with Crippen molar-refractivity contribution in [2.24, 2.45) is 0 Å². The van der Waals surface area contributed by atoms with Crippen LogP contribution in [0.2, 0.25) is 0 Å². The van der Waals surface area contributed by atoms with Crippen molar-refractivity contribution < 1.29 is 13.9 Å². The molecule has 0 radical (unpaired) electrons. The molecule has 0 aliphatic heterocycles. The van der Waals surface area contributed by atoms with Gasteiger partial charge >= 0.3 is 0 Å². The van der Waals surface area contributed by atoms with Crippen LogP contribution in [0.4, 0.5) is 4.39 Å². The molecule has 0 bridgehead atoms. The van der Waals surface area contributed by atoms with Gasteiger partial charge in [-0.1, -0.05) is 29.5 Å². The Bertz CT molecular complexity index is 157. The topological polar surface area (TPSA) is 18.5 Å². The first-order chi connectivity index (χ1) is 6.50. The Morgan fingerprint density at radius 2 is 2.00 bits per heavy atom. The van der Waals surface area contributed by atoms with Crippen molar-refractivity contribution in [2.75, 3.05) is 11.0 Å². The Morgan fingerprint density at radius 1 is 1.43 bits per heavy atom. The van der Waals surface area contributed by atoms with Gasteiger partial charge < -0.3 is 9.47 Å². The average molecular weight is 318 g/mol. The maximum atomic E-state index is 13.6. The van der Waals surface area contributed by atoms with Crippen molar-refractivity contribution in [2.45, 2.75) is 52.2 Å². The number of halogens is 2. The van der Waals surface area contributed by atoms with Gasteiger partial charge in [0.2, 0.25) is 0 Å². The first kappa shape index (κ1) is 14.6. The maximum Gasteiger partial charge on any atom is 0.155 e. The van der Waals surface area contributed by atoms with Crippen LogP contribution in [0.5, 0.6) is 0 Å². The van der Waals surface area contributed by atoms with Crippen molar-refractivity contribution in [1.82, 2.24) is 0 Å². The molecule has 3 unspecified atom stereocenters. The highest BCUT2D eigenvalue weighted by Crippen LogP contribution is 2.25.